The normalized spacial score (nSPS) is 11.6. The predicted molar refractivity (Wildman–Crippen MR) is 226 cm³/mol. The Balaban J connectivity index is 1.17. The third kappa shape index (κ3) is 5.19. The monoisotopic (exact) mass is 676 g/mol. The first-order chi connectivity index (χ1) is 26.1. The first-order valence-electron chi connectivity index (χ1n) is 18.2. The van der Waals surface area contributed by atoms with Crippen LogP contribution < -0.4 is 0 Å². The number of para-hydroxylation sites is 2. The number of nitrogens with zero attached hydrogens (tertiary/aromatic N) is 2. The number of fused-ring (bicyclic) bond motifs is 6. The molecule has 0 spiro atoms. The third-order valence-electron chi connectivity index (χ3n) is 10.7. The van der Waals surface area contributed by atoms with E-state index in [9.17, 15) is 0 Å². The molecule has 2 heterocycles. The summed E-state index contributed by atoms with van der Waals surface area (Å²) in [4.78, 5) is 0. The van der Waals surface area contributed by atoms with Gasteiger partial charge in [-0.2, -0.15) is 0 Å². The van der Waals surface area contributed by atoms with Gasteiger partial charge in [0.15, 0.2) is 0 Å². The van der Waals surface area contributed by atoms with E-state index in [1.54, 1.807) is 0 Å². The number of benzene rings is 8. The number of hydrogen-bond donors (Lipinski definition) is 0. The molecule has 0 N–H and O–H groups in total. The molecular weight excluding hydrogens is 641 g/mol. The second kappa shape index (κ2) is 12.4. The smallest absolute Gasteiger partial charge is 0.0547 e. The van der Waals surface area contributed by atoms with E-state index < -0.39 is 0 Å². The number of hydrogen-bond acceptors (Lipinski definition) is 0. The molecule has 250 valence electrons. The van der Waals surface area contributed by atoms with Gasteiger partial charge in [-0.15, -0.1) is 0 Å². The maximum atomic E-state index is 4.22. The number of aromatic nitrogens is 2. The van der Waals surface area contributed by atoms with Crippen LogP contribution in [0.25, 0.3) is 93.9 Å². The van der Waals surface area contributed by atoms with Crippen molar-refractivity contribution in [3.63, 3.8) is 0 Å². The summed E-state index contributed by atoms with van der Waals surface area (Å²) < 4.78 is 4.83. The summed E-state index contributed by atoms with van der Waals surface area (Å²) in [6.07, 6.45) is 0. The van der Waals surface area contributed by atoms with Gasteiger partial charge in [-0.1, -0.05) is 140 Å². The van der Waals surface area contributed by atoms with Crippen LogP contribution >= 0.6 is 0 Å². The minimum absolute atomic E-state index is 1.06. The molecule has 2 heteroatoms. The van der Waals surface area contributed by atoms with Crippen LogP contribution in [-0.4, -0.2) is 9.13 Å². The average molecular weight is 677 g/mol. The van der Waals surface area contributed by atoms with Crippen molar-refractivity contribution in [2.24, 2.45) is 0 Å². The van der Waals surface area contributed by atoms with Gasteiger partial charge < -0.3 is 9.13 Å². The van der Waals surface area contributed by atoms with E-state index in [0.29, 0.717) is 0 Å². The lowest BCUT2D eigenvalue weighted by atomic mass is 9.98. The summed E-state index contributed by atoms with van der Waals surface area (Å²) in [5, 5.41) is 4.97. The van der Waals surface area contributed by atoms with E-state index in [1.807, 2.05) is 0 Å². The Morgan fingerprint density at radius 2 is 0.868 bits per heavy atom. The van der Waals surface area contributed by atoms with Gasteiger partial charge in [0.05, 0.1) is 22.1 Å². The molecule has 0 unspecified atom stereocenters. The van der Waals surface area contributed by atoms with Crippen molar-refractivity contribution in [1.29, 1.82) is 0 Å². The Labute approximate surface area is 309 Å². The van der Waals surface area contributed by atoms with Crippen LogP contribution in [0.4, 0.5) is 0 Å². The zero-order chi connectivity index (χ0) is 35.5. The van der Waals surface area contributed by atoms with Crippen molar-refractivity contribution in [2.75, 3.05) is 0 Å². The molecule has 10 aromatic rings. The minimum Gasteiger partial charge on any atom is -0.309 e. The van der Waals surface area contributed by atoms with Crippen molar-refractivity contribution in [1.82, 2.24) is 9.13 Å². The van der Waals surface area contributed by atoms with Crippen LogP contribution in [0.3, 0.4) is 0 Å². The molecule has 10 rings (SSSR count). The maximum Gasteiger partial charge on any atom is 0.0547 e. The molecule has 0 aliphatic rings. The van der Waals surface area contributed by atoms with Crippen LogP contribution in [0.5, 0.6) is 0 Å². The van der Waals surface area contributed by atoms with Crippen molar-refractivity contribution in [3.8, 4) is 44.8 Å². The van der Waals surface area contributed by atoms with Gasteiger partial charge in [-0.05, 0) is 107 Å². The molecule has 0 amide bonds. The maximum absolute atomic E-state index is 4.22. The molecule has 0 bridgehead atoms. The van der Waals surface area contributed by atoms with Crippen molar-refractivity contribution >= 4 is 49.2 Å². The molecule has 0 radical (unpaired) electrons. The second-order valence-electron chi connectivity index (χ2n) is 14.0. The second-order valence-corrected chi connectivity index (χ2v) is 14.0. The summed E-state index contributed by atoms with van der Waals surface area (Å²) in [6.45, 7) is 6.29. The summed E-state index contributed by atoms with van der Waals surface area (Å²) in [5.41, 5.74) is 16.4. The third-order valence-corrected chi connectivity index (χ3v) is 10.7. The Morgan fingerprint density at radius 3 is 1.53 bits per heavy atom. The largest absolute Gasteiger partial charge is 0.309 e. The van der Waals surface area contributed by atoms with Crippen LogP contribution in [0.15, 0.2) is 195 Å². The first kappa shape index (κ1) is 30.9. The van der Waals surface area contributed by atoms with Gasteiger partial charge in [-0.3, -0.25) is 0 Å². The van der Waals surface area contributed by atoms with E-state index in [4.69, 9.17) is 0 Å². The zero-order valence-corrected chi connectivity index (χ0v) is 29.5. The highest BCUT2D eigenvalue weighted by molar-refractivity contribution is 6.12. The SMILES string of the molecule is C=C(C)c1cccc(-n2c3ccccc3c3ccc(-c4ccc5c(c4)c4ccccc4n5-c4cc(-c5ccccc5)cc(-c5ccccc5)c4)cc32)c1. The van der Waals surface area contributed by atoms with Gasteiger partial charge in [0.25, 0.3) is 0 Å². The van der Waals surface area contributed by atoms with E-state index in [2.05, 4.69) is 211 Å². The van der Waals surface area contributed by atoms with E-state index in [1.165, 1.54) is 77.0 Å². The van der Waals surface area contributed by atoms with Gasteiger partial charge in [0.2, 0.25) is 0 Å². The lowest BCUT2D eigenvalue weighted by Crippen LogP contribution is -1.96. The lowest BCUT2D eigenvalue weighted by molar-refractivity contribution is 1.18. The lowest BCUT2D eigenvalue weighted by Gasteiger charge is -2.14. The highest BCUT2D eigenvalue weighted by Crippen LogP contribution is 2.40. The zero-order valence-electron chi connectivity index (χ0n) is 29.5. The van der Waals surface area contributed by atoms with Gasteiger partial charge in [0, 0.05) is 32.9 Å². The van der Waals surface area contributed by atoms with Crippen LogP contribution in [0, 0.1) is 0 Å². The molecule has 2 aromatic heterocycles. The molecule has 8 aromatic carbocycles. The molecule has 0 saturated carbocycles. The Hall–Kier alpha value is -6.90. The summed E-state index contributed by atoms with van der Waals surface area (Å²) in [7, 11) is 0. The fourth-order valence-electron chi connectivity index (χ4n) is 8.10. The molecule has 53 heavy (non-hydrogen) atoms. The molecule has 0 aliphatic heterocycles. The molecule has 0 fully saturated rings. The molecule has 0 aliphatic carbocycles. The quantitative estimate of drug-likeness (QED) is 0.166. The highest BCUT2D eigenvalue weighted by atomic mass is 15.0. The van der Waals surface area contributed by atoms with Gasteiger partial charge in [0.1, 0.15) is 0 Å². The fourth-order valence-corrected chi connectivity index (χ4v) is 8.10. The molecule has 2 nitrogen and oxygen atoms in total. The molecule has 0 saturated heterocycles. The summed E-state index contributed by atoms with van der Waals surface area (Å²) in [5.74, 6) is 0. The molecular formula is C51H36N2. The number of allylic oxidation sites excluding steroid dienone is 1. The summed E-state index contributed by atoms with van der Waals surface area (Å²) in [6, 6.07) is 68.5. The first-order valence-corrected chi connectivity index (χ1v) is 18.2. The van der Waals surface area contributed by atoms with Crippen LogP contribution in [-0.2, 0) is 0 Å². The molecule has 0 atom stereocenters. The van der Waals surface area contributed by atoms with Gasteiger partial charge >= 0.3 is 0 Å². The van der Waals surface area contributed by atoms with E-state index in [0.717, 1.165) is 22.5 Å². The van der Waals surface area contributed by atoms with E-state index in [-0.39, 0.29) is 0 Å². The standard InChI is InChI=1S/C51H36N2/c1-34(2)37-18-13-19-42(29-37)52-48-22-11-9-20-44(48)46-26-24-39(33-51(46)52)38-25-27-50-47(32-38)45-21-10-12-23-49(45)53(50)43-30-40(35-14-5-3-6-15-35)28-41(31-43)36-16-7-4-8-17-36/h3-33H,1H2,2H3. The Morgan fingerprint density at radius 1 is 0.340 bits per heavy atom. The van der Waals surface area contributed by atoms with Gasteiger partial charge in [-0.25, -0.2) is 0 Å². The van der Waals surface area contributed by atoms with Crippen LogP contribution in [0.2, 0.25) is 0 Å². The van der Waals surface area contributed by atoms with Crippen LogP contribution in [0.1, 0.15) is 12.5 Å². The number of rotatable bonds is 6. The topological polar surface area (TPSA) is 9.86 Å². The Kier molecular flexibility index (Phi) is 7.23. The minimum atomic E-state index is 1.06. The highest BCUT2D eigenvalue weighted by Gasteiger charge is 2.17. The van der Waals surface area contributed by atoms with E-state index >= 15 is 0 Å². The van der Waals surface area contributed by atoms with Crippen molar-refractivity contribution in [2.45, 2.75) is 6.92 Å². The predicted octanol–water partition coefficient (Wildman–Crippen LogP) is 13.9. The van der Waals surface area contributed by atoms with Crippen molar-refractivity contribution in [3.05, 3.63) is 200 Å². The fraction of sp³-hybridized carbons (Fsp3) is 0.0196. The van der Waals surface area contributed by atoms with Crippen molar-refractivity contribution < 1.29 is 0 Å². The summed E-state index contributed by atoms with van der Waals surface area (Å²) >= 11 is 0. The Bertz CT molecular complexity index is 2960. The average Bonchev–Trinajstić information content (AvgIpc) is 3.73.